The first-order valence-corrected chi connectivity index (χ1v) is 6.39. The Morgan fingerprint density at radius 1 is 1.47 bits per heavy atom. The van der Waals surface area contributed by atoms with E-state index in [4.69, 9.17) is 15.2 Å². The Morgan fingerprint density at radius 3 is 2.94 bits per heavy atom. The van der Waals surface area contributed by atoms with Gasteiger partial charge in [0.25, 0.3) is 0 Å². The van der Waals surface area contributed by atoms with Crippen LogP contribution in [-0.2, 0) is 4.74 Å². The highest BCUT2D eigenvalue weighted by Gasteiger charge is 2.10. The van der Waals surface area contributed by atoms with E-state index in [-0.39, 0.29) is 0 Å². The van der Waals surface area contributed by atoms with Gasteiger partial charge in [-0.05, 0) is 22.0 Å². The number of pyridine rings is 1. The van der Waals surface area contributed by atoms with Crippen molar-refractivity contribution in [1.29, 1.82) is 0 Å². The lowest BCUT2D eigenvalue weighted by molar-refractivity contribution is 0.0319. The van der Waals surface area contributed by atoms with E-state index in [1.165, 1.54) is 0 Å². The van der Waals surface area contributed by atoms with Crippen LogP contribution in [0.5, 0.6) is 5.88 Å². The first kappa shape index (κ1) is 12.6. The summed E-state index contributed by atoms with van der Waals surface area (Å²) in [5.41, 5.74) is 6.23. The van der Waals surface area contributed by atoms with E-state index in [0.717, 1.165) is 37.3 Å². The molecule has 2 rings (SSSR count). The van der Waals surface area contributed by atoms with Crippen LogP contribution in [0.4, 0.5) is 5.69 Å². The summed E-state index contributed by atoms with van der Waals surface area (Å²) in [5.74, 6) is 0.590. The Morgan fingerprint density at radius 2 is 2.24 bits per heavy atom. The molecule has 0 atom stereocenters. The molecule has 0 saturated carbocycles. The zero-order valence-corrected chi connectivity index (χ0v) is 11.1. The van der Waals surface area contributed by atoms with E-state index in [9.17, 15) is 0 Å². The monoisotopic (exact) mass is 301 g/mol. The zero-order valence-electron chi connectivity index (χ0n) is 9.56. The Bertz CT molecular complexity index is 370. The fraction of sp³-hybridized carbons (Fsp3) is 0.545. The number of nitrogen functional groups attached to an aromatic ring is 1. The fourth-order valence-corrected chi connectivity index (χ4v) is 2.12. The maximum Gasteiger partial charge on any atom is 0.228 e. The molecule has 1 fully saturated rings. The topological polar surface area (TPSA) is 60.6 Å². The molecule has 0 unspecified atom stereocenters. The van der Waals surface area contributed by atoms with E-state index in [1.807, 2.05) is 0 Å². The number of hydrogen-bond donors (Lipinski definition) is 1. The van der Waals surface area contributed by atoms with Crippen LogP contribution in [0.3, 0.4) is 0 Å². The van der Waals surface area contributed by atoms with Crippen LogP contribution in [0.2, 0.25) is 0 Å². The van der Waals surface area contributed by atoms with Crippen molar-refractivity contribution in [2.45, 2.75) is 0 Å². The Kier molecular flexibility index (Phi) is 4.58. The highest BCUT2D eigenvalue weighted by atomic mass is 79.9. The molecule has 94 valence electrons. The normalized spacial score (nSPS) is 17.0. The summed E-state index contributed by atoms with van der Waals surface area (Å²) in [7, 11) is 0. The highest BCUT2D eigenvalue weighted by Crippen LogP contribution is 2.23. The molecule has 1 saturated heterocycles. The van der Waals surface area contributed by atoms with Gasteiger partial charge < -0.3 is 15.2 Å². The largest absolute Gasteiger partial charge is 0.476 e. The number of morpholine rings is 1. The number of hydrogen-bond acceptors (Lipinski definition) is 5. The van der Waals surface area contributed by atoms with E-state index in [1.54, 1.807) is 12.3 Å². The van der Waals surface area contributed by atoms with E-state index >= 15 is 0 Å². The van der Waals surface area contributed by atoms with Gasteiger partial charge in [-0.2, -0.15) is 0 Å². The third-order valence-corrected chi connectivity index (χ3v) is 3.15. The van der Waals surface area contributed by atoms with Gasteiger partial charge in [-0.1, -0.05) is 0 Å². The van der Waals surface area contributed by atoms with Gasteiger partial charge in [0.05, 0.1) is 29.6 Å². The quantitative estimate of drug-likeness (QED) is 0.903. The number of rotatable bonds is 4. The Balaban J connectivity index is 1.77. The van der Waals surface area contributed by atoms with E-state index < -0.39 is 0 Å². The SMILES string of the molecule is Nc1cnc(OCCN2CCOCC2)c(Br)c1. The highest BCUT2D eigenvalue weighted by molar-refractivity contribution is 9.10. The van der Waals surface area contributed by atoms with Crippen molar-refractivity contribution in [3.63, 3.8) is 0 Å². The van der Waals surface area contributed by atoms with Gasteiger partial charge in [0, 0.05) is 19.6 Å². The molecular weight excluding hydrogens is 286 g/mol. The molecule has 17 heavy (non-hydrogen) atoms. The molecule has 2 N–H and O–H groups in total. The standard InChI is InChI=1S/C11H16BrN3O2/c12-10-7-9(13)8-14-11(10)17-6-3-15-1-4-16-5-2-15/h7-8H,1-6,13H2. The first-order chi connectivity index (χ1) is 8.25. The summed E-state index contributed by atoms with van der Waals surface area (Å²) in [6.45, 7) is 5.07. The summed E-state index contributed by atoms with van der Waals surface area (Å²) < 4.78 is 11.7. The lowest BCUT2D eigenvalue weighted by atomic mass is 10.4. The third kappa shape index (κ3) is 3.83. The molecule has 0 spiro atoms. The molecule has 0 amide bonds. The number of aromatic nitrogens is 1. The second kappa shape index (κ2) is 6.18. The minimum Gasteiger partial charge on any atom is -0.476 e. The molecule has 0 aliphatic carbocycles. The van der Waals surface area contributed by atoms with Crippen molar-refractivity contribution >= 4 is 21.6 Å². The lowest BCUT2D eigenvalue weighted by Gasteiger charge is -2.26. The number of nitrogens with zero attached hydrogens (tertiary/aromatic N) is 2. The Hall–Kier alpha value is -0.850. The van der Waals surface area contributed by atoms with Crippen molar-refractivity contribution in [1.82, 2.24) is 9.88 Å². The van der Waals surface area contributed by atoms with Gasteiger partial charge in [0.2, 0.25) is 5.88 Å². The van der Waals surface area contributed by atoms with Gasteiger partial charge >= 0.3 is 0 Å². The van der Waals surface area contributed by atoms with Crippen LogP contribution in [-0.4, -0.2) is 49.3 Å². The second-order valence-electron chi connectivity index (χ2n) is 3.86. The molecule has 0 radical (unpaired) electrons. The van der Waals surface area contributed by atoms with Crippen LogP contribution < -0.4 is 10.5 Å². The van der Waals surface area contributed by atoms with Crippen molar-refractivity contribution in [2.75, 3.05) is 45.2 Å². The molecule has 1 aromatic rings. The summed E-state index contributed by atoms with van der Waals surface area (Å²) in [4.78, 5) is 6.44. The van der Waals surface area contributed by atoms with Crippen LogP contribution in [0.25, 0.3) is 0 Å². The molecule has 1 aromatic heterocycles. The van der Waals surface area contributed by atoms with Crippen LogP contribution in [0, 0.1) is 0 Å². The van der Waals surface area contributed by atoms with Crippen molar-refractivity contribution in [2.24, 2.45) is 0 Å². The predicted octanol–water partition coefficient (Wildman–Crippen LogP) is 1.14. The molecule has 6 heteroatoms. The van der Waals surface area contributed by atoms with Crippen LogP contribution >= 0.6 is 15.9 Å². The Labute approximate surface area is 109 Å². The number of anilines is 1. The zero-order chi connectivity index (χ0) is 12.1. The number of nitrogens with two attached hydrogens (primary N) is 1. The van der Waals surface area contributed by atoms with Gasteiger partial charge in [-0.15, -0.1) is 0 Å². The van der Waals surface area contributed by atoms with E-state index in [2.05, 4.69) is 25.8 Å². The van der Waals surface area contributed by atoms with Gasteiger partial charge in [-0.3, -0.25) is 4.90 Å². The van der Waals surface area contributed by atoms with Gasteiger partial charge in [0.15, 0.2) is 0 Å². The summed E-state index contributed by atoms with van der Waals surface area (Å²) in [6.07, 6.45) is 1.59. The number of ether oxygens (including phenoxy) is 2. The van der Waals surface area contributed by atoms with Gasteiger partial charge in [0.1, 0.15) is 6.61 Å². The molecule has 0 aromatic carbocycles. The lowest BCUT2D eigenvalue weighted by Crippen LogP contribution is -2.38. The fourth-order valence-electron chi connectivity index (χ4n) is 1.64. The minimum absolute atomic E-state index is 0.590. The molecule has 0 bridgehead atoms. The third-order valence-electron chi connectivity index (χ3n) is 2.58. The minimum atomic E-state index is 0.590. The van der Waals surface area contributed by atoms with Gasteiger partial charge in [-0.25, -0.2) is 4.98 Å². The second-order valence-corrected chi connectivity index (χ2v) is 4.71. The molecule has 5 nitrogen and oxygen atoms in total. The smallest absolute Gasteiger partial charge is 0.228 e. The summed E-state index contributed by atoms with van der Waals surface area (Å²) in [5, 5.41) is 0. The number of halogens is 1. The molecule has 1 aliphatic rings. The molecular formula is C11H16BrN3O2. The van der Waals surface area contributed by atoms with Crippen molar-refractivity contribution in [3.8, 4) is 5.88 Å². The van der Waals surface area contributed by atoms with Crippen molar-refractivity contribution in [3.05, 3.63) is 16.7 Å². The molecule has 1 aliphatic heterocycles. The average Bonchev–Trinajstić information content (AvgIpc) is 2.33. The maximum absolute atomic E-state index is 5.60. The van der Waals surface area contributed by atoms with Crippen LogP contribution in [0.1, 0.15) is 0 Å². The van der Waals surface area contributed by atoms with Crippen LogP contribution in [0.15, 0.2) is 16.7 Å². The molecule has 2 heterocycles. The summed E-state index contributed by atoms with van der Waals surface area (Å²) in [6, 6.07) is 1.79. The maximum atomic E-state index is 5.60. The summed E-state index contributed by atoms with van der Waals surface area (Å²) >= 11 is 3.37. The predicted molar refractivity (Wildman–Crippen MR) is 69.1 cm³/mol. The average molecular weight is 302 g/mol. The van der Waals surface area contributed by atoms with Crippen molar-refractivity contribution < 1.29 is 9.47 Å². The van der Waals surface area contributed by atoms with E-state index in [0.29, 0.717) is 18.2 Å². The first-order valence-electron chi connectivity index (χ1n) is 5.59.